The highest BCUT2D eigenvalue weighted by atomic mass is 16.5. The summed E-state index contributed by atoms with van der Waals surface area (Å²) in [5.74, 6) is -1.58. The van der Waals surface area contributed by atoms with Gasteiger partial charge in [0.05, 0.1) is 30.4 Å². The lowest BCUT2D eigenvalue weighted by Crippen LogP contribution is -2.22. The third-order valence-electron chi connectivity index (χ3n) is 6.09. The van der Waals surface area contributed by atoms with Crippen molar-refractivity contribution in [1.82, 2.24) is 0 Å². The molecule has 186 valence electrons. The smallest absolute Gasteiger partial charge is 0.335 e. The van der Waals surface area contributed by atoms with Gasteiger partial charge < -0.3 is 19.7 Å². The minimum Gasteiger partial charge on any atom is -0.493 e. The van der Waals surface area contributed by atoms with E-state index < -0.39 is 17.4 Å². The van der Waals surface area contributed by atoms with Gasteiger partial charge in [-0.2, -0.15) is 5.26 Å². The Morgan fingerprint density at radius 3 is 2.16 bits per heavy atom. The lowest BCUT2D eigenvalue weighted by Gasteiger charge is -2.26. The van der Waals surface area contributed by atoms with Gasteiger partial charge in [-0.25, -0.2) is 9.59 Å². The molecule has 0 amide bonds. The minimum atomic E-state index is -1.23. The Bertz CT molecular complexity index is 1370. The van der Waals surface area contributed by atoms with Crippen molar-refractivity contribution in [2.75, 3.05) is 13.2 Å². The van der Waals surface area contributed by atoms with Gasteiger partial charge >= 0.3 is 11.9 Å². The van der Waals surface area contributed by atoms with Crippen LogP contribution in [0.5, 0.6) is 11.5 Å². The van der Waals surface area contributed by atoms with Crippen LogP contribution in [0.3, 0.4) is 0 Å². The quantitative estimate of drug-likeness (QED) is 0.345. The zero-order chi connectivity index (χ0) is 26.3. The fraction of sp³-hybridized carbons (Fsp3) is 0.167. The number of para-hydroxylation sites is 1. The first kappa shape index (κ1) is 25.3. The maximum atomic E-state index is 11.3. The predicted octanol–water partition coefficient (Wildman–Crippen LogP) is 5.74. The molecule has 0 heterocycles. The summed E-state index contributed by atoms with van der Waals surface area (Å²) >= 11 is 0. The molecule has 1 aliphatic carbocycles. The summed E-state index contributed by atoms with van der Waals surface area (Å²) in [5, 5.41) is 28.3. The van der Waals surface area contributed by atoms with Gasteiger partial charge in [0.15, 0.2) is 0 Å². The van der Waals surface area contributed by atoms with Crippen LogP contribution in [-0.4, -0.2) is 35.4 Å². The number of allylic oxidation sites excluding steroid dienone is 4. The van der Waals surface area contributed by atoms with E-state index in [1.807, 2.05) is 66.7 Å². The molecular formula is C30H25NO6. The van der Waals surface area contributed by atoms with Gasteiger partial charge in [-0.3, -0.25) is 0 Å². The van der Waals surface area contributed by atoms with Gasteiger partial charge in [0.25, 0.3) is 0 Å². The topological polar surface area (TPSA) is 117 Å². The number of hydrogen-bond acceptors (Lipinski definition) is 5. The Labute approximate surface area is 214 Å². The molecule has 1 unspecified atom stereocenters. The molecule has 0 fully saturated rings. The number of carboxylic acids is 2. The van der Waals surface area contributed by atoms with Crippen molar-refractivity contribution in [2.45, 2.75) is 18.3 Å². The highest BCUT2D eigenvalue weighted by molar-refractivity contribution is 5.94. The maximum Gasteiger partial charge on any atom is 0.335 e. The normalized spacial score (nSPS) is 16.4. The van der Waals surface area contributed by atoms with E-state index in [4.69, 9.17) is 9.47 Å². The second-order valence-corrected chi connectivity index (χ2v) is 8.55. The summed E-state index contributed by atoms with van der Waals surface area (Å²) in [5.41, 5.74) is 1.84. The largest absolute Gasteiger partial charge is 0.493 e. The van der Waals surface area contributed by atoms with Gasteiger partial charge in [-0.1, -0.05) is 66.8 Å². The lowest BCUT2D eigenvalue weighted by atomic mass is 9.75. The van der Waals surface area contributed by atoms with Crippen molar-refractivity contribution in [3.63, 3.8) is 0 Å². The molecule has 7 heteroatoms. The van der Waals surface area contributed by atoms with Gasteiger partial charge in [0.2, 0.25) is 0 Å². The predicted molar refractivity (Wildman–Crippen MR) is 138 cm³/mol. The first-order valence-electron chi connectivity index (χ1n) is 11.7. The van der Waals surface area contributed by atoms with Crippen LogP contribution in [0.25, 0.3) is 5.57 Å². The van der Waals surface area contributed by atoms with Crippen molar-refractivity contribution in [1.29, 1.82) is 5.26 Å². The number of carbonyl (C=O) groups is 2. The molecule has 2 N–H and O–H groups in total. The van der Waals surface area contributed by atoms with E-state index >= 15 is 0 Å². The average molecular weight is 496 g/mol. The summed E-state index contributed by atoms with van der Waals surface area (Å²) in [4.78, 5) is 22.5. The second kappa shape index (κ2) is 11.3. The number of carboxylic acid groups (broad SMARTS) is 2. The monoisotopic (exact) mass is 495 g/mol. The van der Waals surface area contributed by atoms with Gasteiger partial charge in [-0.05, 0) is 41.8 Å². The summed E-state index contributed by atoms with van der Waals surface area (Å²) in [6.07, 6.45) is 7.00. The molecule has 0 spiro atoms. The van der Waals surface area contributed by atoms with E-state index in [0.29, 0.717) is 25.2 Å². The van der Waals surface area contributed by atoms with Crippen molar-refractivity contribution < 1.29 is 29.3 Å². The average Bonchev–Trinajstić information content (AvgIpc) is 2.93. The molecule has 1 atom stereocenters. The standard InChI is InChI=1S/C30H25NO6/c31-20-30(24-7-2-1-3-8-24)13-11-21(12-14-30)26-9-4-5-10-27(26)37-16-6-15-36-25-18-22(28(32)33)17-23(19-25)29(34)35/h1-5,7-13,17-19H,6,14-16H2,(H,32,33)(H,34,35). The van der Waals surface area contributed by atoms with Gasteiger partial charge in [-0.15, -0.1) is 0 Å². The van der Waals surface area contributed by atoms with Crippen LogP contribution in [0, 0.1) is 11.3 Å². The Kier molecular flexibility index (Phi) is 7.70. The third kappa shape index (κ3) is 5.88. The van der Waals surface area contributed by atoms with E-state index in [0.717, 1.165) is 22.8 Å². The molecular weight excluding hydrogens is 470 g/mol. The molecule has 3 aromatic rings. The molecule has 0 saturated heterocycles. The first-order chi connectivity index (χ1) is 17.9. The van der Waals surface area contributed by atoms with Crippen LogP contribution < -0.4 is 9.47 Å². The number of nitrogens with zero attached hydrogens (tertiary/aromatic N) is 1. The van der Waals surface area contributed by atoms with E-state index in [-0.39, 0.29) is 23.5 Å². The van der Waals surface area contributed by atoms with E-state index in [1.54, 1.807) is 0 Å². The van der Waals surface area contributed by atoms with Crippen molar-refractivity contribution in [2.24, 2.45) is 0 Å². The number of rotatable bonds is 10. The van der Waals surface area contributed by atoms with Crippen molar-refractivity contribution in [3.8, 4) is 17.6 Å². The third-order valence-corrected chi connectivity index (χ3v) is 6.09. The molecule has 0 aromatic heterocycles. The van der Waals surface area contributed by atoms with Crippen LogP contribution in [0.1, 0.15) is 44.7 Å². The fourth-order valence-corrected chi connectivity index (χ4v) is 4.13. The van der Waals surface area contributed by atoms with Crippen molar-refractivity contribution in [3.05, 3.63) is 113 Å². The highest BCUT2D eigenvalue weighted by Crippen LogP contribution is 2.38. The molecule has 0 radical (unpaired) electrons. The zero-order valence-electron chi connectivity index (χ0n) is 20.0. The van der Waals surface area contributed by atoms with E-state index in [1.165, 1.54) is 12.1 Å². The molecule has 4 rings (SSSR count). The van der Waals surface area contributed by atoms with Crippen LogP contribution in [0.4, 0.5) is 0 Å². The molecule has 0 bridgehead atoms. The Hall–Kier alpha value is -4.83. The summed E-state index contributed by atoms with van der Waals surface area (Å²) < 4.78 is 11.6. The van der Waals surface area contributed by atoms with E-state index in [9.17, 15) is 25.1 Å². The molecule has 3 aromatic carbocycles. The first-order valence-corrected chi connectivity index (χ1v) is 11.7. The summed E-state index contributed by atoms with van der Waals surface area (Å²) in [6, 6.07) is 23.5. The van der Waals surface area contributed by atoms with Gasteiger partial charge in [0, 0.05) is 12.0 Å². The van der Waals surface area contributed by atoms with Crippen LogP contribution >= 0.6 is 0 Å². The highest BCUT2D eigenvalue weighted by Gasteiger charge is 2.30. The molecule has 7 nitrogen and oxygen atoms in total. The lowest BCUT2D eigenvalue weighted by molar-refractivity contribution is 0.0696. The second-order valence-electron chi connectivity index (χ2n) is 8.55. The molecule has 37 heavy (non-hydrogen) atoms. The number of benzene rings is 3. The Balaban J connectivity index is 1.37. The number of aromatic carboxylic acids is 2. The fourth-order valence-electron chi connectivity index (χ4n) is 4.13. The molecule has 1 aliphatic rings. The van der Waals surface area contributed by atoms with Crippen LogP contribution in [0.15, 0.2) is 91.0 Å². The summed E-state index contributed by atoms with van der Waals surface area (Å²) in [6.45, 7) is 0.555. The number of nitriles is 1. The van der Waals surface area contributed by atoms with Crippen molar-refractivity contribution >= 4 is 17.5 Å². The van der Waals surface area contributed by atoms with E-state index in [2.05, 4.69) is 12.1 Å². The summed E-state index contributed by atoms with van der Waals surface area (Å²) in [7, 11) is 0. The molecule has 0 saturated carbocycles. The SMILES string of the molecule is N#CC1(c2ccccc2)C=CC(c2ccccc2OCCCOc2cc(C(=O)O)cc(C(=O)O)c2)=CC1. The maximum absolute atomic E-state index is 11.3. The Morgan fingerprint density at radius 1 is 0.892 bits per heavy atom. The van der Waals surface area contributed by atoms with Crippen LogP contribution in [-0.2, 0) is 5.41 Å². The van der Waals surface area contributed by atoms with Crippen LogP contribution in [0.2, 0.25) is 0 Å². The van der Waals surface area contributed by atoms with Gasteiger partial charge in [0.1, 0.15) is 16.9 Å². The minimum absolute atomic E-state index is 0.151. The number of hydrogen-bond donors (Lipinski definition) is 2. The zero-order valence-corrected chi connectivity index (χ0v) is 20.0. The Morgan fingerprint density at radius 2 is 1.54 bits per heavy atom. The number of ether oxygens (including phenoxy) is 2. The molecule has 0 aliphatic heterocycles.